The molecule has 0 aliphatic rings. The molecule has 0 atom stereocenters. The number of carbonyl (C=O) groups excluding carboxylic acids is 1. The number of amides is 2. The van der Waals surface area contributed by atoms with Crippen molar-refractivity contribution in [3.05, 3.63) is 28.0 Å². The summed E-state index contributed by atoms with van der Waals surface area (Å²) in [4.78, 5) is 10.3. The number of nitrogens with zero attached hydrogens (tertiary/aromatic N) is 1. The van der Waals surface area contributed by atoms with Crippen molar-refractivity contribution < 1.29 is 13.9 Å². The number of halogens is 2. The summed E-state index contributed by atoms with van der Waals surface area (Å²) >= 11 is 3.15. The first kappa shape index (κ1) is 12.4. The van der Waals surface area contributed by atoms with Crippen LogP contribution in [0.1, 0.15) is 5.56 Å². The van der Waals surface area contributed by atoms with Gasteiger partial charge in [-0.3, -0.25) is 0 Å². The summed E-state index contributed by atoms with van der Waals surface area (Å²) < 4.78 is 19.0. The average Bonchev–Trinajstić information content (AvgIpc) is 2.23. The first-order valence-corrected chi connectivity index (χ1v) is 4.96. The lowest BCUT2D eigenvalue weighted by Gasteiger charge is -2.05. The molecule has 3 N–H and O–H groups in total. The molecule has 7 heteroatoms. The predicted octanol–water partition coefficient (Wildman–Crippen LogP) is 1.60. The van der Waals surface area contributed by atoms with Crippen molar-refractivity contribution in [2.24, 2.45) is 10.8 Å². The van der Waals surface area contributed by atoms with Crippen LogP contribution < -0.4 is 15.9 Å². The first-order valence-electron chi connectivity index (χ1n) is 4.16. The number of carbonyl (C=O) groups is 1. The van der Waals surface area contributed by atoms with Crippen LogP contribution >= 0.6 is 15.9 Å². The van der Waals surface area contributed by atoms with Gasteiger partial charge in [-0.15, -0.1) is 0 Å². The summed E-state index contributed by atoms with van der Waals surface area (Å²) in [5, 5.41) is 3.46. The first-order chi connectivity index (χ1) is 7.56. The van der Waals surface area contributed by atoms with E-state index >= 15 is 0 Å². The number of hydrazone groups is 1. The Morgan fingerprint density at radius 1 is 1.69 bits per heavy atom. The molecule has 0 spiro atoms. The molecule has 0 radical (unpaired) electrons. The highest BCUT2D eigenvalue weighted by molar-refractivity contribution is 9.10. The zero-order valence-electron chi connectivity index (χ0n) is 8.33. The molecule has 5 nitrogen and oxygen atoms in total. The molecule has 0 aliphatic heterocycles. The summed E-state index contributed by atoms with van der Waals surface area (Å²) in [6, 6.07) is 2.25. The molecule has 0 fully saturated rings. The van der Waals surface area contributed by atoms with E-state index in [-0.39, 0.29) is 11.3 Å². The SMILES string of the molecule is COc1ccc(Br)c(C=NNC(N)=O)c1F. The monoisotopic (exact) mass is 289 g/mol. The minimum absolute atomic E-state index is 0.0868. The van der Waals surface area contributed by atoms with Gasteiger partial charge in [0, 0.05) is 10.0 Å². The predicted molar refractivity (Wildman–Crippen MR) is 61.0 cm³/mol. The number of benzene rings is 1. The van der Waals surface area contributed by atoms with Crippen molar-refractivity contribution in [1.29, 1.82) is 0 Å². The van der Waals surface area contributed by atoms with Gasteiger partial charge in [0.05, 0.1) is 13.3 Å². The maximum absolute atomic E-state index is 13.7. The van der Waals surface area contributed by atoms with E-state index in [9.17, 15) is 9.18 Å². The molecule has 0 saturated carbocycles. The Hall–Kier alpha value is -1.63. The Kier molecular flexibility index (Phi) is 4.24. The molecule has 0 unspecified atom stereocenters. The van der Waals surface area contributed by atoms with Crippen LogP contribution in [0, 0.1) is 5.82 Å². The van der Waals surface area contributed by atoms with Crippen molar-refractivity contribution in [2.45, 2.75) is 0 Å². The number of primary amides is 1. The number of hydrogen-bond acceptors (Lipinski definition) is 3. The number of rotatable bonds is 3. The second-order valence-corrected chi connectivity index (χ2v) is 3.57. The quantitative estimate of drug-likeness (QED) is 0.655. The fraction of sp³-hybridized carbons (Fsp3) is 0.111. The molecule has 1 aromatic carbocycles. The smallest absolute Gasteiger partial charge is 0.332 e. The van der Waals surface area contributed by atoms with E-state index < -0.39 is 11.8 Å². The Morgan fingerprint density at radius 3 is 2.94 bits per heavy atom. The van der Waals surface area contributed by atoms with E-state index in [4.69, 9.17) is 10.5 Å². The molecule has 0 saturated heterocycles. The molecule has 1 rings (SSSR count). The minimum atomic E-state index is -0.823. The van der Waals surface area contributed by atoms with Crippen LogP contribution in [0.2, 0.25) is 0 Å². The van der Waals surface area contributed by atoms with Gasteiger partial charge in [-0.25, -0.2) is 14.6 Å². The van der Waals surface area contributed by atoms with Crippen LogP contribution in [-0.4, -0.2) is 19.4 Å². The Balaban J connectivity index is 3.02. The van der Waals surface area contributed by atoms with Gasteiger partial charge in [0.15, 0.2) is 11.6 Å². The number of nitrogens with one attached hydrogen (secondary N) is 1. The van der Waals surface area contributed by atoms with Crippen molar-refractivity contribution >= 4 is 28.2 Å². The third kappa shape index (κ3) is 2.93. The van der Waals surface area contributed by atoms with Gasteiger partial charge in [0.2, 0.25) is 0 Å². The normalized spacial score (nSPS) is 10.4. The van der Waals surface area contributed by atoms with E-state index in [0.29, 0.717) is 4.47 Å². The highest BCUT2D eigenvalue weighted by Gasteiger charge is 2.10. The van der Waals surface area contributed by atoms with Crippen LogP contribution in [0.4, 0.5) is 9.18 Å². The summed E-state index contributed by atoms with van der Waals surface area (Å²) in [5.41, 5.74) is 6.92. The average molecular weight is 290 g/mol. The van der Waals surface area contributed by atoms with E-state index in [1.807, 2.05) is 5.43 Å². The number of nitrogens with two attached hydrogens (primary N) is 1. The molecule has 0 aromatic heterocycles. The van der Waals surface area contributed by atoms with Crippen LogP contribution in [0.3, 0.4) is 0 Å². The van der Waals surface area contributed by atoms with Gasteiger partial charge in [-0.1, -0.05) is 15.9 Å². The van der Waals surface area contributed by atoms with Gasteiger partial charge >= 0.3 is 6.03 Å². The van der Waals surface area contributed by atoms with Crippen LogP contribution in [0.15, 0.2) is 21.7 Å². The molecular formula is C9H9BrFN3O2. The van der Waals surface area contributed by atoms with Crippen molar-refractivity contribution in [3.8, 4) is 5.75 Å². The number of hydrogen-bond donors (Lipinski definition) is 2. The molecule has 86 valence electrons. The van der Waals surface area contributed by atoms with Crippen LogP contribution in [0.25, 0.3) is 0 Å². The third-order valence-electron chi connectivity index (χ3n) is 1.68. The van der Waals surface area contributed by atoms with Crippen molar-refractivity contribution in [3.63, 3.8) is 0 Å². The van der Waals surface area contributed by atoms with Gasteiger partial charge in [0.25, 0.3) is 0 Å². The molecular weight excluding hydrogens is 281 g/mol. The van der Waals surface area contributed by atoms with Gasteiger partial charge in [-0.05, 0) is 12.1 Å². The second kappa shape index (κ2) is 5.45. The molecule has 0 aliphatic carbocycles. The minimum Gasteiger partial charge on any atom is -0.494 e. The standard InChI is InChI=1S/C9H9BrFN3O2/c1-16-7-3-2-6(10)5(8(7)11)4-13-14-9(12)15/h2-4H,1H3,(H3,12,14,15). The van der Waals surface area contributed by atoms with Crippen molar-refractivity contribution in [1.82, 2.24) is 5.43 Å². The highest BCUT2D eigenvalue weighted by Crippen LogP contribution is 2.25. The fourth-order valence-electron chi connectivity index (χ4n) is 0.986. The number of ether oxygens (including phenoxy) is 1. The second-order valence-electron chi connectivity index (χ2n) is 2.71. The molecule has 0 bridgehead atoms. The third-order valence-corrected chi connectivity index (χ3v) is 2.37. The van der Waals surface area contributed by atoms with E-state index in [1.54, 1.807) is 6.07 Å². The molecule has 16 heavy (non-hydrogen) atoms. The number of urea groups is 1. The fourth-order valence-corrected chi connectivity index (χ4v) is 1.39. The van der Waals surface area contributed by atoms with Gasteiger partial charge in [-0.2, -0.15) is 5.10 Å². The van der Waals surface area contributed by atoms with Crippen LogP contribution in [-0.2, 0) is 0 Å². The van der Waals surface area contributed by atoms with E-state index in [2.05, 4.69) is 21.0 Å². The maximum atomic E-state index is 13.7. The zero-order chi connectivity index (χ0) is 12.1. The lowest BCUT2D eigenvalue weighted by Crippen LogP contribution is -2.24. The Labute approximate surface area is 99.6 Å². The lowest BCUT2D eigenvalue weighted by molar-refractivity contribution is 0.249. The van der Waals surface area contributed by atoms with Crippen LogP contribution in [0.5, 0.6) is 5.75 Å². The maximum Gasteiger partial charge on any atom is 0.332 e. The van der Waals surface area contributed by atoms with Gasteiger partial charge in [0.1, 0.15) is 0 Å². The van der Waals surface area contributed by atoms with Crippen molar-refractivity contribution in [2.75, 3.05) is 7.11 Å². The topological polar surface area (TPSA) is 76.7 Å². The zero-order valence-corrected chi connectivity index (χ0v) is 9.92. The Morgan fingerprint density at radius 2 is 2.38 bits per heavy atom. The summed E-state index contributed by atoms with van der Waals surface area (Å²) in [5.74, 6) is -0.490. The summed E-state index contributed by atoms with van der Waals surface area (Å²) in [6.45, 7) is 0. The molecule has 0 heterocycles. The van der Waals surface area contributed by atoms with E-state index in [1.165, 1.54) is 13.2 Å². The highest BCUT2D eigenvalue weighted by atomic mass is 79.9. The van der Waals surface area contributed by atoms with E-state index in [0.717, 1.165) is 6.21 Å². The summed E-state index contributed by atoms with van der Waals surface area (Å²) in [6.07, 6.45) is 1.13. The lowest BCUT2D eigenvalue weighted by atomic mass is 10.2. The van der Waals surface area contributed by atoms with Gasteiger partial charge < -0.3 is 10.5 Å². The summed E-state index contributed by atoms with van der Waals surface area (Å²) in [7, 11) is 1.36. The molecule has 1 aromatic rings. The molecule has 2 amide bonds. The largest absolute Gasteiger partial charge is 0.494 e. The number of methoxy groups -OCH3 is 1. The Bertz CT molecular complexity index is 437.